The first kappa shape index (κ1) is 133. The Morgan fingerprint density at radius 3 is 0.946 bits per heavy atom. The minimum atomic E-state index is 0.0579. The molecule has 0 radical (unpaired) electrons. The van der Waals surface area contributed by atoms with Gasteiger partial charge in [0.05, 0.1) is 11.4 Å². The van der Waals surface area contributed by atoms with Crippen molar-refractivity contribution in [3.63, 3.8) is 0 Å². The lowest BCUT2D eigenvalue weighted by Crippen LogP contribution is -2.20. The third-order valence-electron chi connectivity index (χ3n) is 21.2. The summed E-state index contributed by atoms with van der Waals surface area (Å²) in [5.74, 6) is 11.2. The van der Waals surface area contributed by atoms with Crippen molar-refractivity contribution in [1.82, 2.24) is 68.8 Å². The van der Waals surface area contributed by atoms with E-state index in [0.29, 0.717) is 53.3 Å². The summed E-state index contributed by atoms with van der Waals surface area (Å²) in [6, 6.07) is 73.1. The number of rotatable bonds is 28. The quantitative estimate of drug-likeness (QED) is 0.0447. The van der Waals surface area contributed by atoms with Crippen molar-refractivity contribution in [2.24, 2.45) is 104 Å². The maximum atomic E-state index is 11.5. The topological polar surface area (TPSA) is 208 Å². The van der Waals surface area contributed by atoms with Crippen LogP contribution in [-0.4, -0.2) is 68.8 Å². The van der Waals surface area contributed by atoms with Gasteiger partial charge in [0.15, 0.2) is 0 Å². The lowest BCUT2D eigenvalue weighted by molar-refractivity contribution is 0.535. The number of benzene rings is 3. The molecule has 147 heavy (non-hydrogen) atoms. The zero-order chi connectivity index (χ0) is 110. The average Bonchev–Trinajstić information content (AvgIpc) is 0.874. The van der Waals surface area contributed by atoms with Crippen LogP contribution in [0.1, 0.15) is 285 Å². The number of pyridine rings is 8. The predicted octanol–water partition coefficient (Wildman–Crippen LogP) is 30.4. The van der Waals surface area contributed by atoms with E-state index in [-0.39, 0.29) is 16.7 Å². The Bertz CT molecular complexity index is 4840. The van der Waals surface area contributed by atoms with Gasteiger partial charge >= 0.3 is 0 Å². The van der Waals surface area contributed by atoms with E-state index < -0.39 is 0 Å². The second-order valence-corrected chi connectivity index (χ2v) is 43.4. The first-order valence-corrected chi connectivity index (χ1v) is 53.7. The van der Waals surface area contributed by atoms with Gasteiger partial charge in [0, 0.05) is 162 Å². The molecule has 11 heterocycles. The van der Waals surface area contributed by atoms with Gasteiger partial charge in [-0.2, -0.15) is 10.2 Å². The summed E-state index contributed by atoms with van der Waals surface area (Å²) >= 11 is 0. The molecule has 0 fully saturated rings. The van der Waals surface area contributed by atoms with Crippen molar-refractivity contribution in [3.05, 3.63) is 433 Å². The summed E-state index contributed by atoms with van der Waals surface area (Å²) in [6.07, 6.45) is 44.8. The van der Waals surface area contributed by atoms with Crippen molar-refractivity contribution in [3.8, 4) is 0 Å². The molecule has 14 aromatic rings. The van der Waals surface area contributed by atoms with Crippen molar-refractivity contribution < 1.29 is 0 Å². The smallest absolute Gasteiger partial charge is 0.253 e. The standard InChI is InChI=1S/C11H16.3C10H15NO.2C10H14.5C9H13N.3C8H12N2/c1-9(2)10(3)11-7-5-4-6-8-11;1-8(2)6-9-4-5-11(3)10(12)7-9;1-8(2)6-9-4-5-10(12)11(3)7-9;1-8(2)7-9-5-4-6-11(3)10(9)12;2*1-9(2)8-10-6-4-3-5-7-10;3*1-8(2)6-9-4-3-5-10-7-9;2*1-8(2)7-9-5-3-4-6-10-9;1-7(2)5-8-6-9-3-4-10-8;1-7(2)6-8-9-4-3-5-10-8;1-7(2)6-8-4-3-5-9-10-8/h4-10H,1-3H3;2*4-5,7-8H,6H2,1-3H3;4-6,8H,7H2,1-3H3;2*3-7,9H,8H2,1-2H3;3*3-5,7-8H,6H2,1-2H3;2*3-6,8H,7H2,1-2H3;3-4,6-7H,5H2,1-2H3;2*3-5,7H,6H2,1-2H3. The highest BCUT2D eigenvalue weighted by Crippen LogP contribution is 2.23. The summed E-state index contributed by atoms with van der Waals surface area (Å²) in [5.41, 5.74) is 16.4. The highest BCUT2D eigenvalue weighted by Gasteiger charge is 2.10. The van der Waals surface area contributed by atoms with Gasteiger partial charge in [-0.05, 0) is 283 Å². The monoisotopic (exact) mass is 2000 g/mol. The van der Waals surface area contributed by atoms with Gasteiger partial charge in [-0.25, -0.2) is 9.97 Å². The molecule has 14 rings (SSSR count). The summed E-state index contributed by atoms with van der Waals surface area (Å²) in [6.45, 7) is 63.8. The maximum absolute atomic E-state index is 11.5. The molecule has 17 heteroatoms. The van der Waals surface area contributed by atoms with Crippen LogP contribution in [0.15, 0.2) is 338 Å². The molecule has 1 atom stereocenters. The lowest BCUT2D eigenvalue weighted by Gasteiger charge is -2.15. The Morgan fingerprint density at radius 2 is 0.585 bits per heavy atom. The Hall–Kier alpha value is -12.5. The molecule has 11 aromatic heterocycles. The van der Waals surface area contributed by atoms with E-state index in [1.54, 1.807) is 84.2 Å². The van der Waals surface area contributed by atoms with E-state index in [4.69, 9.17) is 0 Å². The van der Waals surface area contributed by atoms with Crippen LogP contribution in [0.5, 0.6) is 0 Å². The zero-order valence-corrected chi connectivity index (χ0v) is 96.4. The van der Waals surface area contributed by atoms with Crippen LogP contribution < -0.4 is 16.7 Å². The predicted molar refractivity (Wildman–Crippen MR) is 626 cm³/mol. The number of hydrogen-bond donors (Lipinski definition) is 0. The second kappa shape index (κ2) is 81.6. The molecule has 0 aliphatic rings. The van der Waals surface area contributed by atoms with Crippen molar-refractivity contribution >= 4 is 0 Å². The van der Waals surface area contributed by atoms with Crippen LogP contribution in [0.25, 0.3) is 0 Å². The first-order valence-electron chi connectivity index (χ1n) is 53.7. The van der Waals surface area contributed by atoms with Gasteiger partial charge in [0.25, 0.3) is 11.1 Å². The molecule has 0 spiro atoms. The van der Waals surface area contributed by atoms with E-state index in [1.165, 1.54) is 63.2 Å². The zero-order valence-electron chi connectivity index (χ0n) is 96.4. The SMILES string of the molecule is CC(C)C(C)c1ccccc1.CC(C)Cc1ccc(=O)n(C)c1.CC(C)Cc1ccccc1.CC(C)Cc1ccccc1.CC(C)Cc1ccccn1.CC(C)Cc1ccccn1.CC(C)Cc1cccn(C)c1=O.CC(C)Cc1cccnc1.CC(C)Cc1cccnc1.CC(C)Cc1cccnc1.CC(C)Cc1cccnn1.CC(C)Cc1ccn(C)c(=O)c1.CC(C)Cc1cnccn1.CC(C)Cc1ncccn1. The molecule has 0 aliphatic heterocycles. The van der Waals surface area contributed by atoms with Crippen LogP contribution in [0.2, 0.25) is 0 Å². The van der Waals surface area contributed by atoms with Gasteiger partial charge in [-0.3, -0.25) is 49.3 Å². The number of aromatic nitrogens is 14. The summed E-state index contributed by atoms with van der Waals surface area (Å²) < 4.78 is 4.83. The summed E-state index contributed by atoms with van der Waals surface area (Å²) in [5, 5.41) is 7.76. The van der Waals surface area contributed by atoms with Crippen LogP contribution in [0, 0.1) is 82.9 Å². The number of aryl methyl sites for hydroxylation is 3. The molecule has 0 amide bonds. The highest BCUT2D eigenvalue weighted by molar-refractivity contribution is 5.21. The van der Waals surface area contributed by atoms with E-state index >= 15 is 0 Å². The fourth-order valence-corrected chi connectivity index (χ4v) is 14.4. The molecule has 0 bridgehead atoms. The lowest BCUT2D eigenvalue weighted by atomic mass is 9.91. The molecule has 0 aliphatic carbocycles. The molecule has 798 valence electrons. The van der Waals surface area contributed by atoms with Gasteiger partial charge < -0.3 is 13.7 Å². The molecule has 3 aromatic carbocycles. The summed E-state index contributed by atoms with van der Waals surface area (Å²) in [7, 11) is 5.33. The third-order valence-corrected chi connectivity index (χ3v) is 21.2. The van der Waals surface area contributed by atoms with Gasteiger partial charge in [0.2, 0.25) is 5.56 Å². The fraction of sp³-hybridized carbons (Fsp3) is 0.462. The molecule has 0 saturated heterocycles. The van der Waals surface area contributed by atoms with E-state index in [9.17, 15) is 14.4 Å². The minimum absolute atomic E-state index is 0.0579. The molecule has 17 nitrogen and oxygen atoms in total. The Kier molecular flexibility index (Phi) is 73.5. The van der Waals surface area contributed by atoms with Crippen LogP contribution in [-0.2, 0) is 105 Å². The Balaban J connectivity index is 0.000000792. The highest BCUT2D eigenvalue weighted by atomic mass is 16.1. The molecule has 0 N–H and O–H groups in total. The van der Waals surface area contributed by atoms with E-state index in [2.05, 4.69) is 377 Å². The van der Waals surface area contributed by atoms with E-state index in [1.807, 2.05) is 153 Å². The Labute approximate surface area is 890 Å². The molecular weight excluding hydrogens is 1810 g/mol. The third kappa shape index (κ3) is 75.0. The second-order valence-electron chi connectivity index (χ2n) is 43.4. The maximum Gasteiger partial charge on any atom is 0.253 e. The minimum Gasteiger partial charge on any atom is -0.319 e. The average molecular weight is 2000 g/mol. The molecule has 0 saturated carbocycles. The van der Waals surface area contributed by atoms with Gasteiger partial charge in [-0.1, -0.05) is 334 Å². The number of hydrogen-bond acceptors (Lipinski definition) is 14. The normalized spacial score (nSPS) is 10.6. The summed E-state index contributed by atoms with van der Waals surface area (Å²) in [4.78, 5) is 70.6. The largest absolute Gasteiger partial charge is 0.319 e. The number of nitrogens with zero attached hydrogens (tertiary/aromatic N) is 14. The molecular formula is C130H190N14O3. The van der Waals surface area contributed by atoms with Crippen molar-refractivity contribution in [1.29, 1.82) is 0 Å². The van der Waals surface area contributed by atoms with Gasteiger partial charge in [-0.15, -0.1) is 0 Å². The first-order chi connectivity index (χ1) is 69.9. The Morgan fingerprint density at radius 1 is 0.231 bits per heavy atom. The van der Waals surface area contributed by atoms with E-state index in [0.717, 1.165) is 134 Å². The van der Waals surface area contributed by atoms with Crippen LogP contribution in [0.3, 0.4) is 0 Å². The van der Waals surface area contributed by atoms with Crippen LogP contribution in [0.4, 0.5) is 0 Å². The van der Waals surface area contributed by atoms with Crippen molar-refractivity contribution in [2.75, 3.05) is 0 Å². The van der Waals surface area contributed by atoms with Gasteiger partial charge in [0.1, 0.15) is 5.82 Å². The fourth-order valence-electron chi connectivity index (χ4n) is 14.4. The van der Waals surface area contributed by atoms with Crippen LogP contribution >= 0.6 is 0 Å². The van der Waals surface area contributed by atoms with Crippen molar-refractivity contribution in [2.45, 2.75) is 290 Å². The molecule has 1 unspecified atom stereocenters.